The maximum Gasteiger partial charge on any atom is 0 e. The van der Waals surface area contributed by atoms with Gasteiger partial charge in [0, 0.05) is 20.4 Å². The molecule has 1 rings (SSSR count). The van der Waals surface area contributed by atoms with Gasteiger partial charge in [0.15, 0.2) is 0 Å². The Hall–Kier alpha value is -0.128. The van der Waals surface area contributed by atoms with Crippen molar-refractivity contribution in [1.29, 1.82) is 0 Å². The van der Waals surface area contributed by atoms with Gasteiger partial charge in [0.1, 0.15) is 0 Å². The zero-order valence-corrected chi connectivity index (χ0v) is 5.70. The summed E-state index contributed by atoms with van der Waals surface area (Å²) in [6.45, 7) is 0. The van der Waals surface area contributed by atoms with Crippen molar-refractivity contribution in [2.75, 3.05) is 0 Å². The molecule has 3 heteroatoms. The van der Waals surface area contributed by atoms with Crippen LogP contribution in [0.3, 0.4) is 0 Å². The Labute approximate surface area is 49.6 Å². The fourth-order valence-corrected chi connectivity index (χ4v) is 0.186. The summed E-state index contributed by atoms with van der Waals surface area (Å²) in [4.78, 5) is 6.17. The average Bonchev–Trinajstić information content (AvgIpc) is 1.76. The van der Waals surface area contributed by atoms with Crippen LogP contribution in [0, 0.1) is 6.33 Å². The fraction of sp³-hybridized carbons (Fsp3) is 0. The number of aromatic nitrogens is 2. The van der Waals surface area contributed by atoms with Crippen LogP contribution in [0.1, 0.15) is 0 Å². The molecule has 6 heavy (non-hydrogen) atoms. The first-order chi connectivity index (χ1) is 2.50. The number of rotatable bonds is 0. The first-order valence-corrected chi connectivity index (χ1v) is 1.35. The first kappa shape index (κ1) is 5.87. The Morgan fingerprint density at radius 2 is 2.50 bits per heavy atom. The van der Waals surface area contributed by atoms with Gasteiger partial charge in [0.25, 0.3) is 0 Å². The van der Waals surface area contributed by atoms with Crippen molar-refractivity contribution >= 4 is 0 Å². The third kappa shape index (κ3) is 1.35. The smallest absolute Gasteiger partial charge is 0 e. The summed E-state index contributed by atoms with van der Waals surface area (Å²) in [5.41, 5.74) is 0. The van der Waals surface area contributed by atoms with E-state index in [1.54, 1.807) is 12.4 Å². The molecule has 0 saturated heterocycles. The first-order valence-electron chi connectivity index (χ1n) is 1.35. The quantitative estimate of drug-likeness (QED) is 0.658. The van der Waals surface area contributed by atoms with Crippen molar-refractivity contribution in [2.45, 2.75) is 0 Å². The molecule has 0 amide bonds. The molecule has 2 nitrogen and oxygen atoms in total. The molecule has 0 aliphatic rings. The van der Waals surface area contributed by atoms with E-state index in [4.69, 9.17) is 0 Å². The van der Waals surface area contributed by atoms with E-state index >= 15 is 0 Å². The third-order valence-electron chi connectivity index (χ3n) is 0.362. The van der Waals surface area contributed by atoms with E-state index in [-0.39, 0.29) is 20.4 Å². The van der Waals surface area contributed by atoms with E-state index < -0.39 is 0 Å². The largest absolute Gasteiger partial charge is 0.467 e. The van der Waals surface area contributed by atoms with Gasteiger partial charge < -0.3 is 9.97 Å². The summed E-state index contributed by atoms with van der Waals surface area (Å²) in [6.07, 6.45) is 5.83. The summed E-state index contributed by atoms with van der Waals surface area (Å²) in [7, 11) is 0. The number of H-pyrrole nitrogens is 1. The van der Waals surface area contributed by atoms with Gasteiger partial charge >= 0.3 is 0 Å². The zero-order valence-electron chi connectivity index (χ0n) is 2.98. The van der Waals surface area contributed by atoms with Crippen LogP contribution in [-0.2, 0) is 20.4 Å². The van der Waals surface area contributed by atoms with Gasteiger partial charge in [-0.2, -0.15) is 0 Å². The monoisotopic (exact) mass is 254 g/mol. The second-order valence-electron chi connectivity index (χ2n) is 0.701. The SMILES string of the molecule is [Re].[c-]1ncc[nH]1. The van der Waals surface area contributed by atoms with Crippen molar-refractivity contribution in [3.05, 3.63) is 18.7 Å². The van der Waals surface area contributed by atoms with E-state index in [0.717, 1.165) is 0 Å². The molecule has 1 N–H and O–H groups in total. The summed E-state index contributed by atoms with van der Waals surface area (Å²) >= 11 is 0. The zero-order chi connectivity index (χ0) is 3.54. The van der Waals surface area contributed by atoms with Crippen molar-refractivity contribution in [1.82, 2.24) is 9.97 Å². The van der Waals surface area contributed by atoms with Crippen LogP contribution in [0.5, 0.6) is 0 Å². The molecule has 0 aliphatic carbocycles. The fourth-order valence-electron chi connectivity index (χ4n) is 0.186. The maximum absolute atomic E-state index is 3.54. The number of hydrogen-bond acceptors (Lipinski definition) is 1. The van der Waals surface area contributed by atoms with Gasteiger partial charge in [-0.15, -0.1) is 12.4 Å². The summed E-state index contributed by atoms with van der Waals surface area (Å²) in [5, 5.41) is 0. The molecule has 1 aromatic rings. The molecule has 0 aromatic carbocycles. The van der Waals surface area contributed by atoms with E-state index in [1.165, 1.54) is 0 Å². The van der Waals surface area contributed by atoms with Gasteiger partial charge in [-0.3, -0.25) is 0 Å². The van der Waals surface area contributed by atoms with Crippen molar-refractivity contribution in [2.24, 2.45) is 0 Å². The molecule has 0 spiro atoms. The number of nitrogens with one attached hydrogen (secondary N) is 1. The second kappa shape index (κ2) is 3.08. The Kier molecular flexibility index (Phi) is 3.01. The molecule has 0 bridgehead atoms. The molecule has 33 valence electrons. The van der Waals surface area contributed by atoms with Crippen LogP contribution < -0.4 is 0 Å². The second-order valence-corrected chi connectivity index (χ2v) is 0.701. The molecule has 1 heterocycles. The van der Waals surface area contributed by atoms with E-state index in [9.17, 15) is 0 Å². The number of nitrogens with zero attached hydrogens (tertiary/aromatic N) is 1. The average molecular weight is 253 g/mol. The van der Waals surface area contributed by atoms with Gasteiger partial charge in [0.05, 0.1) is 0 Å². The molecule has 0 fully saturated rings. The van der Waals surface area contributed by atoms with E-state index in [1.807, 2.05) is 0 Å². The van der Waals surface area contributed by atoms with Crippen LogP contribution in [-0.4, -0.2) is 9.97 Å². The van der Waals surface area contributed by atoms with Crippen LogP contribution in [0.25, 0.3) is 0 Å². The van der Waals surface area contributed by atoms with Gasteiger partial charge in [-0.25, -0.2) is 0 Å². The Morgan fingerprint density at radius 1 is 1.67 bits per heavy atom. The predicted molar refractivity (Wildman–Crippen MR) is 17.4 cm³/mol. The van der Waals surface area contributed by atoms with Crippen molar-refractivity contribution in [3.8, 4) is 0 Å². The van der Waals surface area contributed by atoms with Crippen LogP contribution in [0.2, 0.25) is 0 Å². The van der Waals surface area contributed by atoms with E-state index in [0.29, 0.717) is 0 Å². The Bertz CT molecular complexity index is 65.3. The summed E-state index contributed by atoms with van der Waals surface area (Å²) in [5.74, 6) is 0. The summed E-state index contributed by atoms with van der Waals surface area (Å²) in [6, 6.07) is 0. The molecule has 1 radical (unpaired) electrons. The predicted octanol–water partition coefficient (Wildman–Crippen LogP) is 0.207. The van der Waals surface area contributed by atoms with Crippen LogP contribution in [0.15, 0.2) is 12.4 Å². The number of imidazole rings is 1. The molecular weight excluding hydrogens is 250 g/mol. The number of hydrogen-bond donors (Lipinski definition) is 1. The van der Waals surface area contributed by atoms with Gasteiger partial charge in [-0.1, -0.05) is 0 Å². The minimum absolute atomic E-state index is 0. The number of aromatic amines is 1. The molecule has 1 aromatic heterocycles. The van der Waals surface area contributed by atoms with Crippen LogP contribution >= 0.6 is 0 Å². The van der Waals surface area contributed by atoms with Crippen molar-refractivity contribution in [3.63, 3.8) is 0 Å². The van der Waals surface area contributed by atoms with Gasteiger partial charge in [0.2, 0.25) is 0 Å². The molecule has 0 saturated carbocycles. The van der Waals surface area contributed by atoms with Crippen molar-refractivity contribution < 1.29 is 20.4 Å². The Balaban J connectivity index is 0.000000250. The minimum atomic E-state index is 0. The van der Waals surface area contributed by atoms with E-state index in [2.05, 4.69) is 16.3 Å². The maximum atomic E-state index is 3.54. The standard InChI is InChI=1S/C3H3N2.Re/c1-2-5-3-4-1;/h1-2H,(H,4,5);/q-1;. The normalized spacial score (nSPS) is 6.67. The molecule has 0 aliphatic heterocycles. The molecule has 0 atom stereocenters. The van der Waals surface area contributed by atoms with Gasteiger partial charge in [-0.05, 0) is 6.33 Å². The topological polar surface area (TPSA) is 28.7 Å². The third-order valence-corrected chi connectivity index (χ3v) is 0.362. The molecular formula is C3H3N2Re-. The summed E-state index contributed by atoms with van der Waals surface area (Å²) < 4.78 is 0. The van der Waals surface area contributed by atoms with Crippen LogP contribution in [0.4, 0.5) is 0 Å². The molecule has 0 unspecified atom stereocenters. The minimum Gasteiger partial charge on any atom is -0.467 e. The Morgan fingerprint density at radius 3 is 2.67 bits per heavy atom.